The lowest BCUT2D eigenvalue weighted by molar-refractivity contribution is 0.0746. The fourth-order valence-electron chi connectivity index (χ4n) is 2.40. The molecule has 2 atom stereocenters. The Labute approximate surface area is 93.9 Å². The van der Waals surface area contributed by atoms with Crippen molar-refractivity contribution in [2.24, 2.45) is 5.92 Å². The molecule has 90 valence electrons. The van der Waals surface area contributed by atoms with Crippen LogP contribution in [-0.2, 0) is 0 Å². The molecule has 2 unspecified atom stereocenters. The molecule has 0 amide bonds. The van der Waals surface area contributed by atoms with Gasteiger partial charge in [0.05, 0.1) is 6.10 Å². The summed E-state index contributed by atoms with van der Waals surface area (Å²) in [5.74, 6) is 0.776. The number of hydrogen-bond acceptors (Lipinski definition) is 3. The molecule has 0 aromatic rings. The molecule has 0 aromatic heterocycles. The van der Waals surface area contributed by atoms with Crippen LogP contribution in [-0.4, -0.2) is 48.3 Å². The Kier molecular flexibility index (Phi) is 5.58. The van der Waals surface area contributed by atoms with E-state index < -0.39 is 0 Å². The Morgan fingerprint density at radius 1 is 1.27 bits per heavy atom. The van der Waals surface area contributed by atoms with Gasteiger partial charge in [-0.25, -0.2) is 0 Å². The maximum Gasteiger partial charge on any atom is 0.0831 e. The van der Waals surface area contributed by atoms with Gasteiger partial charge in [-0.05, 0) is 12.5 Å². The van der Waals surface area contributed by atoms with E-state index in [0.717, 1.165) is 32.1 Å². The van der Waals surface area contributed by atoms with Gasteiger partial charge in [-0.2, -0.15) is 0 Å². The molecule has 1 heterocycles. The molecule has 0 spiro atoms. The predicted molar refractivity (Wildman–Crippen MR) is 64.0 cm³/mol. The topological polar surface area (TPSA) is 35.5 Å². The molecule has 1 fully saturated rings. The van der Waals surface area contributed by atoms with Crippen LogP contribution in [0, 0.1) is 5.92 Å². The summed E-state index contributed by atoms with van der Waals surface area (Å²) in [6.07, 6.45) is 2.30. The average molecular weight is 214 g/mol. The van der Waals surface area contributed by atoms with E-state index in [2.05, 4.69) is 31.0 Å². The fourth-order valence-corrected chi connectivity index (χ4v) is 2.40. The summed E-state index contributed by atoms with van der Waals surface area (Å²) >= 11 is 0. The lowest BCUT2D eigenvalue weighted by atomic mass is 10.0. The SMILES string of the molecule is CCC(CC)CN(CC)C1CNCC1O. The van der Waals surface area contributed by atoms with Crippen molar-refractivity contribution in [3.63, 3.8) is 0 Å². The Balaban J connectivity index is 2.47. The van der Waals surface area contributed by atoms with Crippen molar-refractivity contribution < 1.29 is 5.11 Å². The van der Waals surface area contributed by atoms with Crippen LogP contribution in [0.25, 0.3) is 0 Å². The third-order valence-electron chi connectivity index (χ3n) is 3.67. The van der Waals surface area contributed by atoms with Crippen molar-refractivity contribution in [2.45, 2.75) is 45.8 Å². The molecule has 0 aromatic carbocycles. The van der Waals surface area contributed by atoms with E-state index in [1.165, 1.54) is 12.8 Å². The number of aliphatic hydroxyl groups is 1. The standard InChI is InChI=1S/C12H26N2O/c1-4-10(5-2)9-14(6-3)11-7-13-8-12(11)15/h10-13,15H,4-9H2,1-3H3. The van der Waals surface area contributed by atoms with Gasteiger partial charge < -0.3 is 10.4 Å². The number of aliphatic hydroxyl groups excluding tert-OH is 1. The number of hydrogen-bond donors (Lipinski definition) is 2. The second-order valence-electron chi connectivity index (χ2n) is 4.56. The maximum absolute atomic E-state index is 9.84. The van der Waals surface area contributed by atoms with Crippen LogP contribution >= 0.6 is 0 Å². The van der Waals surface area contributed by atoms with E-state index in [0.29, 0.717) is 6.04 Å². The minimum Gasteiger partial charge on any atom is -0.390 e. The van der Waals surface area contributed by atoms with Crippen molar-refractivity contribution in [3.05, 3.63) is 0 Å². The number of nitrogens with one attached hydrogen (secondary N) is 1. The molecular weight excluding hydrogens is 188 g/mol. The Morgan fingerprint density at radius 2 is 1.93 bits per heavy atom. The molecule has 1 rings (SSSR count). The van der Waals surface area contributed by atoms with Crippen LogP contribution in [0.15, 0.2) is 0 Å². The average Bonchev–Trinajstić information content (AvgIpc) is 2.67. The van der Waals surface area contributed by atoms with Crippen LogP contribution in [0.1, 0.15) is 33.6 Å². The summed E-state index contributed by atoms with van der Waals surface area (Å²) in [6.45, 7) is 10.6. The molecule has 3 nitrogen and oxygen atoms in total. The fraction of sp³-hybridized carbons (Fsp3) is 1.00. The maximum atomic E-state index is 9.84. The molecule has 0 bridgehead atoms. The minimum atomic E-state index is -0.181. The summed E-state index contributed by atoms with van der Waals surface area (Å²) in [5.41, 5.74) is 0. The number of nitrogens with zero attached hydrogens (tertiary/aromatic N) is 1. The normalized spacial score (nSPS) is 26.8. The molecule has 1 aliphatic rings. The lowest BCUT2D eigenvalue weighted by Gasteiger charge is -2.32. The zero-order valence-corrected chi connectivity index (χ0v) is 10.4. The molecule has 15 heavy (non-hydrogen) atoms. The van der Waals surface area contributed by atoms with Gasteiger partial charge in [-0.1, -0.05) is 33.6 Å². The number of rotatable bonds is 6. The molecule has 3 heteroatoms. The predicted octanol–water partition coefficient (Wildman–Crippen LogP) is 1.08. The van der Waals surface area contributed by atoms with E-state index in [-0.39, 0.29) is 6.10 Å². The quantitative estimate of drug-likeness (QED) is 0.694. The lowest BCUT2D eigenvalue weighted by Crippen LogP contribution is -2.45. The molecule has 0 aliphatic carbocycles. The highest BCUT2D eigenvalue weighted by Gasteiger charge is 2.30. The van der Waals surface area contributed by atoms with E-state index in [9.17, 15) is 5.11 Å². The Bertz CT molecular complexity index is 171. The van der Waals surface area contributed by atoms with Gasteiger partial charge in [0.2, 0.25) is 0 Å². The highest BCUT2D eigenvalue weighted by Crippen LogP contribution is 2.15. The smallest absolute Gasteiger partial charge is 0.0831 e. The molecule has 1 saturated heterocycles. The second kappa shape index (κ2) is 6.46. The highest BCUT2D eigenvalue weighted by molar-refractivity contribution is 4.88. The van der Waals surface area contributed by atoms with Gasteiger partial charge in [0.15, 0.2) is 0 Å². The van der Waals surface area contributed by atoms with Crippen LogP contribution < -0.4 is 5.32 Å². The molecule has 2 N–H and O–H groups in total. The van der Waals surface area contributed by atoms with Crippen molar-refractivity contribution in [3.8, 4) is 0 Å². The first kappa shape index (κ1) is 12.9. The number of likely N-dealkylation sites (N-methyl/N-ethyl adjacent to an activating group) is 1. The summed E-state index contributed by atoms with van der Waals surface area (Å²) in [6, 6.07) is 0.329. The van der Waals surface area contributed by atoms with Crippen molar-refractivity contribution >= 4 is 0 Å². The molecule has 1 aliphatic heterocycles. The summed E-state index contributed by atoms with van der Waals surface area (Å²) in [4.78, 5) is 2.43. The second-order valence-corrected chi connectivity index (χ2v) is 4.56. The Morgan fingerprint density at radius 3 is 2.33 bits per heavy atom. The first-order chi connectivity index (χ1) is 7.22. The van der Waals surface area contributed by atoms with Crippen molar-refractivity contribution in [2.75, 3.05) is 26.2 Å². The van der Waals surface area contributed by atoms with Crippen LogP contribution in [0.4, 0.5) is 0 Å². The van der Waals surface area contributed by atoms with Gasteiger partial charge in [0.1, 0.15) is 0 Å². The molecule has 0 radical (unpaired) electrons. The van der Waals surface area contributed by atoms with Crippen molar-refractivity contribution in [1.29, 1.82) is 0 Å². The van der Waals surface area contributed by atoms with E-state index in [4.69, 9.17) is 0 Å². The number of β-amino-alcohol motifs (C(OH)–C–C–N with tert-alkyl or cyclic N) is 1. The zero-order chi connectivity index (χ0) is 11.3. The highest BCUT2D eigenvalue weighted by atomic mass is 16.3. The van der Waals surface area contributed by atoms with Crippen LogP contribution in [0.2, 0.25) is 0 Å². The van der Waals surface area contributed by atoms with E-state index in [1.807, 2.05) is 0 Å². The van der Waals surface area contributed by atoms with Gasteiger partial charge in [-0.15, -0.1) is 0 Å². The van der Waals surface area contributed by atoms with Crippen LogP contribution in [0.3, 0.4) is 0 Å². The Hall–Kier alpha value is -0.120. The largest absolute Gasteiger partial charge is 0.390 e. The molecule has 0 saturated carbocycles. The van der Waals surface area contributed by atoms with Gasteiger partial charge in [0, 0.05) is 25.7 Å². The van der Waals surface area contributed by atoms with Gasteiger partial charge in [-0.3, -0.25) is 4.90 Å². The summed E-state index contributed by atoms with van der Waals surface area (Å²) < 4.78 is 0. The monoisotopic (exact) mass is 214 g/mol. The first-order valence-electron chi connectivity index (χ1n) is 6.35. The third-order valence-corrected chi connectivity index (χ3v) is 3.67. The van der Waals surface area contributed by atoms with Crippen molar-refractivity contribution in [1.82, 2.24) is 10.2 Å². The van der Waals surface area contributed by atoms with E-state index >= 15 is 0 Å². The molecular formula is C12H26N2O. The van der Waals surface area contributed by atoms with Gasteiger partial charge >= 0.3 is 0 Å². The van der Waals surface area contributed by atoms with E-state index in [1.54, 1.807) is 0 Å². The first-order valence-corrected chi connectivity index (χ1v) is 6.35. The minimum absolute atomic E-state index is 0.181. The van der Waals surface area contributed by atoms with Gasteiger partial charge in [0.25, 0.3) is 0 Å². The van der Waals surface area contributed by atoms with Crippen LogP contribution in [0.5, 0.6) is 0 Å². The third kappa shape index (κ3) is 3.44. The zero-order valence-electron chi connectivity index (χ0n) is 10.4. The summed E-state index contributed by atoms with van der Waals surface area (Å²) in [5, 5.41) is 13.1. The summed E-state index contributed by atoms with van der Waals surface area (Å²) in [7, 11) is 0.